The number of hydrogen-bond acceptors (Lipinski definition) is 2. The van der Waals surface area contributed by atoms with Crippen molar-refractivity contribution >= 4 is 0 Å². The van der Waals surface area contributed by atoms with Crippen LogP contribution in [0.2, 0.25) is 0 Å². The van der Waals surface area contributed by atoms with Gasteiger partial charge in [-0.3, -0.25) is 0 Å². The fourth-order valence-corrected chi connectivity index (χ4v) is 1.20. The Morgan fingerprint density at radius 2 is 1.80 bits per heavy atom. The molecule has 0 bridgehead atoms. The largest absolute Gasteiger partial charge is 0.381 e. The van der Waals surface area contributed by atoms with Crippen LogP contribution in [0, 0.1) is 6.92 Å². The van der Waals surface area contributed by atoms with E-state index in [2.05, 4.69) is 25.9 Å². The average molecular weight is 142 g/mol. The van der Waals surface area contributed by atoms with Gasteiger partial charge in [0.05, 0.1) is 0 Å². The van der Waals surface area contributed by atoms with E-state index in [0.717, 1.165) is 26.1 Å². The van der Waals surface area contributed by atoms with Gasteiger partial charge in [0.15, 0.2) is 0 Å². The molecule has 1 saturated heterocycles. The van der Waals surface area contributed by atoms with E-state index in [4.69, 9.17) is 4.74 Å². The number of nitrogens with zero attached hydrogens (tertiary/aromatic N) is 1. The predicted octanol–water partition coefficient (Wildman–Crippen LogP) is 0.931. The smallest absolute Gasteiger partial charge is 0.0483 e. The van der Waals surface area contributed by atoms with Crippen LogP contribution >= 0.6 is 0 Å². The molecule has 0 amide bonds. The Morgan fingerprint density at radius 1 is 1.30 bits per heavy atom. The van der Waals surface area contributed by atoms with Crippen LogP contribution in [0.25, 0.3) is 0 Å². The maximum atomic E-state index is 5.25. The Hall–Kier alpha value is -0.0800. The summed E-state index contributed by atoms with van der Waals surface area (Å²) in [5.41, 5.74) is 0.137. The van der Waals surface area contributed by atoms with E-state index in [-0.39, 0.29) is 5.54 Å². The lowest BCUT2D eigenvalue weighted by molar-refractivity contribution is 0.0156. The van der Waals surface area contributed by atoms with E-state index in [1.54, 1.807) is 0 Å². The molecular weight excluding hydrogens is 126 g/mol. The highest BCUT2D eigenvalue weighted by molar-refractivity contribution is 4.92. The highest BCUT2D eigenvalue weighted by atomic mass is 16.5. The average Bonchev–Trinajstić information content (AvgIpc) is 1.89. The minimum atomic E-state index is 0.137. The van der Waals surface area contributed by atoms with Gasteiger partial charge in [0, 0.05) is 18.8 Å². The van der Waals surface area contributed by atoms with Crippen LogP contribution in [-0.2, 0) is 4.74 Å². The van der Waals surface area contributed by atoms with Crippen LogP contribution in [-0.4, -0.2) is 37.7 Å². The van der Waals surface area contributed by atoms with Crippen molar-refractivity contribution in [1.82, 2.24) is 4.90 Å². The molecule has 0 aromatic rings. The van der Waals surface area contributed by atoms with E-state index in [1.807, 2.05) is 0 Å². The molecule has 0 unspecified atom stereocenters. The van der Waals surface area contributed by atoms with Crippen LogP contribution < -0.4 is 0 Å². The number of rotatable bonds is 1. The summed E-state index contributed by atoms with van der Waals surface area (Å²) in [7, 11) is 4.16. The first-order valence-corrected chi connectivity index (χ1v) is 3.76. The second kappa shape index (κ2) is 2.89. The Balaban J connectivity index is 2.48. The molecule has 2 nitrogen and oxygen atoms in total. The van der Waals surface area contributed by atoms with Crippen molar-refractivity contribution in [1.29, 1.82) is 0 Å². The fourth-order valence-electron chi connectivity index (χ4n) is 1.20. The van der Waals surface area contributed by atoms with Crippen molar-refractivity contribution in [3.8, 4) is 0 Å². The van der Waals surface area contributed by atoms with E-state index in [1.165, 1.54) is 0 Å². The summed E-state index contributed by atoms with van der Waals surface area (Å²) >= 11 is 0. The van der Waals surface area contributed by atoms with Gasteiger partial charge in [0.1, 0.15) is 0 Å². The van der Waals surface area contributed by atoms with Crippen molar-refractivity contribution in [2.45, 2.75) is 18.4 Å². The molecule has 1 fully saturated rings. The van der Waals surface area contributed by atoms with Gasteiger partial charge < -0.3 is 9.64 Å². The minimum Gasteiger partial charge on any atom is -0.381 e. The summed E-state index contributed by atoms with van der Waals surface area (Å²) in [5, 5.41) is 0. The standard InChI is InChI=1S/C8H16NO/c1-8(9(2)3)4-6-10-7-5-8/h1,4-7H2,2-3H3. The van der Waals surface area contributed by atoms with E-state index >= 15 is 0 Å². The van der Waals surface area contributed by atoms with Crippen LogP contribution in [0.15, 0.2) is 0 Å². The lowest BCUT2D eigenvalue weighted by atomic mass is 9.91. The molecule has 10 heavy (non-hydrogen) atoms. The van der Waals surface area contributed by atoms with Crippen molar-refractivity contribution in [3.05, 3.63) is 6.92 Å². The van der Waals surface area contributed by atoms with Gasteiger partial charge in [0.25, 0.3) is 0 Å². The predicted molar refractivity (Wildman–Crippen MR) is 41.8 cm³/mol. The second-order valence-electron chi connectivity index (χ2n) is 3.23. The molecule has 2 heteroatoms. The lowest BCUT2D eigenvalue weighted by Gasteiger charge is -2.39. The summed E-state index contributed by atoms with van der Waals surface area (Å²) in [6, 6.07) is 0. The van der Waals surface area contributed by atoms with Gasteiger partial charge in [-0.1, -0.05) is 0 Å². The van der Waals surface area contributed by atoms with Gasteiger partial charge in [-0.25, -0.2) is 0 Å². The SMILES string of the molecule is [CH2]C1(N(C)C)CCOCC1. The Bertz CT molecular complexity index is 106. The lowest BCUT2D eigenvalue weighted by Crippen LogP contribution is -2.45. The first kappa shape index (κ1) is 8.02. The van der Waals surface area contributed by atoms with E-state index < -0.39 is 0 Å². The van der Waals surface area contributed by atoms with Crippen LogP contribution in [0.5, 0.6) is 0 Å². The molecule has 0 N–H and O–H groups in total. The molecule has 59 valence electrons. The van der Waals surface area contributed by atoms with Gasteiger partial charge in [-0.2, -0.15) is 0 Å². The van der Waals surface area contributed by atoms with Crippen molar-refractivity contribution in [2.24, 2.45) is 0 Å². The zero-order valence-electron chi connectivity index (χ0n) is 6.89. The Kier molecular flexibility index (Phi) is 2.32. The number of ether oxygens (including phenoxy) is 1. The second-order valence-corrected chi connectivity index (χ2v) is 3.23. The molecule has 0 aliphatic carbocycles. The molecule has 1 aliphatic rings. The summed E-state index contributed by atoms with van der Waals surface area (Å²) in [4.78, 5) is 2.19. The fraction of sp³-hybridized carbons (Fsp3) is 0.875. The van der Waals surface area contributed by atoms with Gasteiger partial charge in [0.2, 0.25) is 0 Å². The molecule has 1 aliphatic heterocycles. The van der Waals surface area contributed by atoms with Crippen LogP contribution in [0.3, 0.4) is 0 Å². The maximum absolute atomic E-state index is 5.25. The highest BCUT2D eigenvalue weighted by Crippen LogP contribution is 2.23. The first-order valence-electron chi connectivity index (χ1n) is 3.76. The normalized spacial score (nSPS) is 25.2. The molecule has 1 heterocycles. The van der Waals surface area contributed by atoms with Gasteiger partial charge in [-0.15, -0.1) is 0 Å². The third-order valence-electron chi connectivity index (χ3n) is 2.37. The molecule has 0 aromatic heterocycles. The molecule has 0 atom stereocenters. The van der Waals surface area contributed by atoms with E-state index in [0.29, 0.717) is 0 Å². The number of hydrogen-bond donors (Lipinski definition) is 0. The maximum Gasteiger partial charge on any atom is 0.0483 e. The zero-order chi connectivity index (χ0) is 7.61. The molecule has 0 aromatic carbocycles. The zero-order valence-corrected chi connectivity index (χ0v) is 6.89. The van der Waals surface area contributed by atoms with Crippen LogP contribution in [0.4, 0.5) is 0 Å². The van der Waals surface area contributed by atoms with Crippen molar-refractivity contribution in [3.63, 3.8) is 0 Å². The topological polar surface area (TPSA) is 12.5 Å². The first-order chi connectivity index (χ1) is 4.65. The third kappa shape index (κ3) is 1.50. The van der Waals surface area contributed by atoms with Crippen LogP contribution in [0.1, 0.15) is 12.8 Å². The molecule has 1 radical (unpaired) electrons. The van der Waals surface area contributed by atoms with Crippen molar-refractivity contribution in [2.75, 3.05) is 27.3 Å². The third-order valence-corrected chi connectivity index (χ3v) is 2.37. The summed E-state index contributed by atoms with van der Waals surface area (Å²) in [5.74, 6) is 0. The Labute approximate surface area is 63.2 Å². The molecule has 0 saturated carbocycles. The monoisotopic (exact) mass is 142 g/mol. The molecular formula is C8H16NO. The summed E-state index contributed by atoms with van der Waals surface area (Å²) in [6.07, 6.45) is 2.11. The highest BCUT2D eigenvalue weighted by Gasteiger charge is 2.28. The summed E-state index contributed by atoms with van der Waals surface area (Å²) in [6.45, 7) is 5.90. The Morgan fingerprint density at radius 3 is 2.10 bits per heavy atom. The molecule has 1 rings (SSSR count). The quantitative estimate of drug-likeness (QED) is 0.540. The van der Waals surface area contributed by atoms with Gasteiger partial charge in [-0.05, 0) is 33.9 Å². The van der Waals surface area contributed by atoms with Gasteiger partial charge >= 0.3 is 0 Å². The molecule has 0 spiro atoms. The minimum absolute atomic E-state index is 0.137. The van der Waals surface area contributed by atoms with E-state index in [9.17, 15) is 0 Å². The van der Waals surface area contributed by atoms with Crippen molar-refractivity contribution < 1.29 is 4.74 Å². The summed E-state index contributed by atoms with van der Waals surface area (Å²) < 4.78 is 5.25.